The van der Waals surface area contributed by atoms with Crippen LogP contribution in [0.4, 0.5) is 0 Å². The first-order valence-electron chi connectivity index (χ1n) is 16.9. The van der Waals surface area contributed by atoms with E-state index in [1.165, 1.54) is 28.5 Å². The molecule has 0 unspecified atom stereocenters. The fourth-order valence-electron chi connectivity index (χ4n) is 7.45. The number of aromatic nitrogens is 1. The molecule has 2 aromatic carbocycles. The summed E-state index contributed by atoms with van der Waals surface area (Å²) in [5.74, 6) is 0. The smallest absolute Gasteiger partial charge is 0.373 e. The van der Waals surface area contributed by atoms with Crippen molar-refractivity contribution in [2.45, 2.75) is 143 Å². The third-order valence-corrected chi connectivity index (χ3v) is 25.5. The Morgan fingerprint density at radius 2 is 1.16 bits per heavy atom. The predicted octanol–water partition coefficient (Wildman–Crippen LogP) is 10.9. The van der Waals surface area contributed by atoms with Crippen molar-refractivity contribution < 1.29 is 18.9 Å². The molecule has 0 N–H and O–H groups in total. The first kappa shape index (κ1) is 43.0. The molecule has 1 heterocycles. The number of hydrogen-bond acceptors (Lipinski definition) is 0. The van der Waals surface area contributed by atoms with Gasteiger partial charge in [0, 0.05) is 5.52 Å². The summed E-state index contributed by atoms with van der Waals surface area (Å²) < 4.78 is 2.67. The number of halogens is 1. The number of nitrogens with zero attached hydrogens (tertiary/aromatic N) is 1. The van der Waals surface area contributed by atoms with Crippen LogP contribution < -0.4 is 18.9 Å². The maximum Gasteiger partial charge on any atom is 1.00 e. The first-order valence-corrected chi connectivity index (χ1v) is 22.3. The van der Waals surface area contributed by atoms with E-state index in [-0.39, 0.29) is 18.9 Å². The normalized spacial score (nSPS) is 12.6. The molecule has 44 heavy (non-hydrogen) atoms. The minimum Gasteiger partial charge on any atom is -0.373 e. The zero-order valence-corrected chi connectivity index (χ0v) is 33.8. The van der Waals surface area contributed by atoms with Crippen LogP contribution in [0, 0.1) is 6.92 Å². The van der Waals surface area contributed by atoms with Gasteiger partial charge in [-0.25, -0.2) is 0 Å². The summed E-state index contributed by atoms with van der Waals surface area (Å²) in [5.41, 5.74) is 8.53. The van der Waals surface area contributed by atoms with Crippen LogP contribution in [0.15, 0.2) is 66.9 Å². The molecule has 0 aliphatic heterocycles. The Morgan fingerprint density at radius 3 is 1.57 bits per heavy atom. The van der Waals surface area contributed by atoms with Crippen LogP contribution in [-0.2, 0) is 6.42 Å². The second kappa shape index (κ2) is 20.3. The largest absolute Gasteiger partial charge is 1.00 e. The third kappa shape index (κ3) is 10.5. The van der Waals surface area contributed by atoms with Crippen molar-refractivity contribution in [3.63, 3.8) is 0 Å². The van der Waals surface area contributed by atoms with Gasteiger partial charge in [-0.05, 0) is 74.5 Å². The minimum atomic E-state index is -1.60. The average molecular weight is 647 g/mol. The molecule has 242 valence electrons. The first-order chi connectivity index (χ1) is 20.1. The SMILES string of the molecule is C1=Cc2ccccc2C1.CC(C)[Si](C(C)C)(C(C)C)n1ccc2ccccc21.CC(C)[Si](Cl)(C(C)C)C(C)C.[CH2-]CCC.[Li+]. The molecule has 0 fully saturated rings. The third-order valence-electron chi connectivity index (χ3n) is 9.49. The molecule has 0 spiro atoms. The van der Waals surface area contributed by atoms with Gasteiger partial charge in [0.1, 0.15) is 0 Å². The van der Waals surface area contributed by atoms with Gasteiger partial charge in [0.05, 0.1) is 0 Å². The van der Waals surface area contributed by atoms with Crippen molar-refractivity contribution >= 4 is 43.7 Å². The van der Waals surface area contributed by atoms with Gasteiger partial charge in [0.25, 0.3) is 0 Å². The summed E-state index contributed by atoms with van der Waals surface area (Å²) in [6, 6.07) is 19.6. The van der Waals surface area contributed by atoms with Gasteiger partial charge in [-0.3, -0.25) is 0 Å². The summed E-state index contributed by atoms with van der Waals surface area (Å²) in [6.07, 6.45) is 10.1. The molecular formula is C39H65ClLiNSi2. The van der Waals surface area contributed by atoms with E-state index in [2.05, 4.69) is 174 Å². The molecule has 0 saturated carbocycles. The number of rotatable bonds is 8. The monoisotopic (exact) mass is 645 g/mol. The summed E-state index contributed by atoms with van der Waals surface area (Å²) in [6.45, 7) is 33.8. The number of hydrogen-bond donors (Lipinski definition) is 0. The molecule has 3 aromatic rings. The maximum absolute atomic E-state index is 6.68. The fourth-order valence-corrected chi connectivity index (χ4v) is 18.1. The molecule has 5 heteroatoms. The molecule has 1 aromatic heterocycles. The second-order valence-corrected chi connectivity index (χ2v) is 26.8. The van der Waals surface area contributed by atoms with E-state index >= 15 is 0 Å². The van der Waals surface area contributed by atoms with E-state index in [0.29, 0.717) is 16.6 Å². The van der Waals surface area contributed by atoms with Crippen molar-refractivity contribution in [2.24, 2.45) is 0 Å². The molecule has 0 amide bonds. The summed E-state index contributed by atoms with van der Waals surface area (Å²) in [7, 11) is -3.11. The number of unbranched alkanes of at least 4 members (excludes halogenated alkanes) is 1. The van der Waals surface area contributed by atoms with Gasteiger partial charge < -0.3 is 11.2 Å². The number of allylic oxidation sites excluding steroid dienone is 1. The summed E-state index contributed by atoms with van der Waals surface area (Å²) >= 11 is 6.68. The van der Waals surface area contributed by atoms with Gasteiger partial charge in [0.2, 0.25) is 0 Å². The van der Waals surface area contributed by atoms with Crippen molar-refractivity contribution in [3.05, 3.63) is 84.9 Å². The van der Waals surface area contributed by atoms with Gasteiger partial charge in [-0.15, -0.1) is 0 Å². The van der Waals surface area contributed by atoms with Crippen LogP contribution >= 0.6 is 11.1 Å². The van der Waals surface area contributed by atoms with Crippen molar-refractivity contribution in [2.75, 3.05) is 0 Å². The van der Waals surface area contributed by atoms with Crippen LogP contribution in [0.1, 0.15) is 114 Å². The van der Waals surface area contributed by atoms with Gasteiger partial charge >= 0.3 is 18.9 Å². The van der Waals surface area contributed by atoms with E-state index in [1.807, 2.05) is 0 Å². The second-order valence-electron chi connectivity index (χ2n) is 14.0. The Kier molecular flexibility index (Phi) is 19.9. The van der Waals surface area contributed by atoms with Crippen LogP contribution in [0.25, 0.3) is 17.0 Å². The zero-order chi connectivity index (χ0) is 33.0. The van der Waals surface area contributed by atoms with Crippen molar-refractivity contribution in [1.82, 2.24) is 4.23 Å². The van der Waals surface area contributed by atoms with Crippen LogP contribution in [0.5, 0.6) is 0 Å². The van der Waals surface area contributed by atoms with E-state index in [9.17, 15) is 0 Å². The number of para-hydroxylation sites is 1. The fraction of sp³-hybridized carbons (Fsp3) is 0.564. The van der Waals surface area contributed by atoms with Crippen molar-refractivity contribution in [1.29, 1.82) is 0 Å². The molecule has 0 saturated heterocycles. The Morgan fingerprint density at radius 1 is 0.705 bits per heavy atom. The quantitative estimate of drug-likeness (QED) is 0.130. The Hall–Kier alpha value is -0.959. The van der Waals surface area contributed by atoms with E-state index in [0.717, 1.165) is 29.5 Å². The summed E-state index contributed by atoms with van der Waals surface area (Å²) in [4.78, 5) is 0. The van der Waals surface area contributed by atoms with Gasteiger partial charge in [0.15, 0.2) is 15.6 Å². The van der Waals surface area contributed by atoms with E-state index in [1.54, 1.807) is 0 Å². The molecule has 1 aliphatic rings. The standard InChI is InChI=1S/C17H27NSi.C9H21ClSi.C9H8.C4H9.Li/c1-13(2)19(14(3)4,15(5)6)18-12-11-16-9-7-8-10-17(16)18;1-7(2)11(10,8(3)4)9(5)6;1-2-5-9-7-3-6-8(9)4-1;1-3-4-2;/h7-15H,1-6H3;7-9H,1-6H3;1-6H,7H2;1,3-4H2,2H3;/q;;;-1;+1. The molecule has 0 radical (unpaired) electrons. The Bertz CT molecular complexity index is 1180. The molecule has 0 atom stereocenters. The Labute approximate surface area is 292 Å². The Balaban J connectivity index is 0.000000629. The van der Waals surface area contributed by atoms with Crippen LogP contribution in [0.2, 0.25) is 33.2 Å². The number of fused-ring (bicyclic) bond motifs is 2. The maximum atomic E-state index is 6.68. The van der Waals surface area contributed by atoms with Gasteiger partial charge in [-0.1, -0.05) is 151 Å². The van der Waals surface area contributed by atoms with Crippen LogP contribution in [-0.4, -0.2) is 19.9 Å². The molecule has 1 aliphatic carbocycles. The zero-order valence-electron chi connectivity index (χ0n) is 31.0. The van der Waals surface area contributed by atoms with Gasteiger partial charge in [-0.2, -0.15) is 17.5 Å². The average Bonchev–Trinajstić information content (AvgIpc) is 3.61. The molecule has 4 rings (SSSR count). The van der Waals surface area contributed by atoms with Crippen molar-refractivity contribution in [3.8, 4) is 0 Å². The topological polar surface area (TPSA) is 4.93 Å². The molecule has 1 nitrogen and oxygen atoms in total. The van der Waals surface area contributed by atoms with Crippen LogP contribution in [0.3, 0.4) is 0 Å². The molecular weight excluding hydrogens is 581 g/mol. The number of benzene rings is 2. The van der Waals surface area contributed by atoms with E-state index in [4.69, 9.17) is 11.1 Å². The predicted molar refractivity (Wildman–Crippen MR) is 205 cm³/mol. The summed E-state index contributed by atoms with van der Waals surface area (Å²) in [5, 5.41) is 1.38. The molecule has 0 bridgehead atoms. The minimum absolute atomic E-state index is 0. The van der Waals surface area contributed by atoms with E-state index < -0.39 is 15.6 Å².